The number of hydrogen-bond donors (Lipinski definition) is 2. The quantitative estimate of drug-likeness (QED) is 0.191. The maximum Gasteiger partial charge on any atom is 0.251 e. The fourth-order valence-corrected chi connectivity index (χ4v) is 6.85. The van der Waals surface area contributed by atoms with Crippen molar-refractivity contribution < 1.29 is 13.7 Å². The van der Waals surface area contributed by atoms with Crippen molar-refractivity contribution in [3.8, 4) is 11.1 Å². The SMILES string of the molecule is CC1CN(Cc2cccc(-c3cc(CNC(=O)c4cccc(CN5CC[N+](C)(C/C=C/c6ccccc6)CC5)c4)ccc3F)c2)CCN1. The molecule has 4 aromatic carbocycles. The Bertz CT molecular complexity index is 1700. The predicted molar refractivity (Wildman–Crippen MR) is 194 cm³/mol. The molecule has 0 aromatic heterocycles. The van der Waals surface area contributed by atoms with Gasteiger partial charge in [-0.1, -0.05) is 72.8 Å². The molecule has 2 fully saturated rings. The van der Waals surface area contributed by atoms with Crippen molar-refractivity contribution in [1.29, 1.82) is 0 Å². The first kappa shape index (κ1) is 33.7. The zero-order valence-corrected chi connectivity index (χ0v) is 28.4. The number of piperazine rings is 2. The maximum atomic E-state index is 15.0. The molecule has 2 aliphatic heterocycles. The zero-order chi connectivity index (χ0) is 33.3. The summed E-state index contributed by atoms with van der Waals surface area (Å²) in [5.74, 6) is -0.380. The number of hydrogen-bond acceptors (Lipinski definition) is 4. The highest BCUT2D eigenvalue weighted by molar-refractivity contribution is 5.94. The van der Waals surface area contributed by atoms with E-state index in [1.54, 1.807) is 6.07 Å². The van der Waals surface area contributed by atoms with Crippen LogP contribution in [0, 0.1) is 5.82 Å². The largest absolute Gasteiger partial charge is 0.348 e. The van der Waals surface area contributed by atoms with Gasteiger partial charge in [-0.25, -0.2) is 4.39 Å². The lowest BCUT2D eigenvalue weighted by molar-refractivity contribution is -0.908. The monoisotopic (exact) mass is 646 g/mol. The van der Waals surface area contributed by atoms with E-state index in [1.165, 1.54) is 17.2 Å². The van der Waals surface area contributed by atoms with Crippen LogP contribution in [0.5, 0.6) is 0 Å². The molecule has 7 heteroatoms. The summed E-state index contributed by atoms with van der Waals surface area (Å²) in [5.41, 5.74) is 6.48. The molecule has 48 heavy (non-hydrogen) atoms. The molecule has 0 saturated carbocycles. The fourth-order valence-electron chi connectivity index (χ4n) is 6.85. The molecule has 1 atom stereocenters. The average Bonchev–Trinajstić information content (AvgIpc) is 3.10. The highest BCUT2D eigenvalue weighted by Crippen LogP contribution is 2.26. The van der Waals surface area contributed by atoms with Crippen molar-refractivity contribution in [1.82, 2.24) is 20.4 Å². The molecule has 1 amide bonds. The molecule has 1 unspecified atom stereocenters. The summed E-state index contributed by atoms with van der Waals surface area (Å²) in [6.45, 7) is 12.5. The molecule has 2 N–H and O–H groups in total. The summed E-state index contributed by atoms with van der Waals surface area (Å²) in [7, 11) is 2.34. The number of rotatable bonds is 11. The molecule has 2 saturated heterocycles. The molecule has 0 spiro atoms. The maximum absolute atomic E-state index is 15.0. The summed E-state index contributed by atoms with van der Waals surface area (Å²) in [6.07, 6.45) is 4.52. The summed E-state index contributed by atoms with van der Waals surface area (Å²) >= 11 is 0. The Morgan fingerprint density at radius 1 is 0.875 bits per heavy atom. The fraction of sp³-hybridized carbons (Fsp3) is 0.341. The molecule has 6 nitrogen and oxygen atoms in total. The second-order valence-electron chi connectivity index (χ2n) is 13.8. The zero-order valence-electron chi connectivity index (χ0n) is 28.4. The Kier molecular flexibility index (Phi) is 11.1. The lowest BCUT2D eigenvalue weighted by Crippen LogP contribution is -2.56. The van der Waals surface area contributed by atoms with Gasteiger partial charge in [-0.05, 0) is 71.1 Å². The molecule has 0 aliphatic carbocycles. The number of nitrogens with zero attached hydrogens (tertiary/aromatic N) is 3. The first-order chi connectivity index (χ1) is 23.3. The van der Waals surface area contributed by atoms with Crippen LogP contribution in [-0.4, -0.2) is 85.6 Å². The van der Waals surface area contributed by atoms with Gasteiger partial charge in [0.05, 0.1) is 26.7 Å². The normalized spacial score (nSPS) is 18.6. The second-order valence-corrected chi connectivity index (χ2v) is 13.8. The molecular formula is C41H49FN5O+. The minimum absolute atomic E-state index is 0.122. The van der Waals surface area contributed by atoms with Gasteiger partial charge >= 0.3 is 0 Å². The van der Waals surface area contributed by atoms with Gasteiger partial charge in [-0.3, -0.25) is 14.6 Å². The average molecular weight is 647 g/mol. The summed E-state index contributed by atoms with van der Waals surface area (Å²) < 4.78 is 16.1. The Balaban J connectivity index is 1.01. The smallest absolute Gasteiger partial charge is 0.251 e. The number of benzene rings is 4. The first-order valence-corrected chi connectivity index (χ1v) is 17.3. The van der Waals surface area contributed by atoms with Gasteiger partial charge in [0.15, 0.2) is 0 Å². The molecule has 2 aliphatic rings. The third-order valence-electron chi connectivity index (χ3n) is 9.74. The van der Waals surface area contributed by atoms with Crippen molar-refractivity contribution in [2.45, 2.75) is 32.6 Å². The molecule has 2 heterocycles. The Labute approximate surface area is 285 Å². The molecular weight excluding hydrogens is 597 g/mol. The van der Waals surface area contributed by atoms with Crippen LogP contribution < -0.4 is 10.6 Å². The van der Waals surface area contributed by atoms with Crippen LogP contribution >= 0.6 is 0 Å². The minimum Gasteiger partial charge on any atom is -0.348 e. The van der Waals surface area contributed by atoms with Crippen LogP contribution in [0.3, 0.4) is 0 Å². The lowest BCUT2D eigenvalue weighted by Gasteiger charge is -2.41. The molecule has 4 aromatic rings. The Morgan fingerprint density at radius 3 is 2.42 bits per heavy atom. The van der Waals surface area contributed by atoms with Crippen molar-refractivity contribution >= 4 is 12.0 Å². The number of quaternary nitrogens is 1. The third-order valence-corrected chi connectivity index (χ3v) is 9.74. The standard InChI is InChI=1S/C41H48FN5O/c1-32-29-46(19-18-43-32)31-35-11-6-14-37(25-35)39-27-34(16-17-40(39)42)28-44-41(48)38-15-7-12-36(26-38)30-45-20-23-47(2,24-21-45)22-8-13-33-9-4-3-5-10-33/h3-17,25-27,32,43H,18-24,28-31H2,1-2H3/p+1/b13-8+. The molecule has 6 rings (SSSR count). The first-order valence-electron chi connectivity index (χ1n) is 17.3. The molecule has 250 valence electrons. The van der Waals surface area contributed by atoms with Crippen LogP contribution in [-0.2, 0) is 19.6 Å². The third kappa shape index (κ3) is 9.26. The van der Waals surface area contributed by atoms with E-state index in [9.17, 15) is 4.79 Å². The number of nitrogens with one attached hydrogen (secondary N) is 2. The topological polar surface area (TPSA) is 47.6 Å². The number of carbonyl (C=O) groups is 1. The highest BCUT2D eigenvalue weighted by atomic mass is 19.1. The van der Waals surface area contributed by atoms with Gasteiger partial charge in [0.1, 0.15) is 5.82 Å². The van der Waals surface area contributed by atoms with E-state index in [-0.39, 0.29) is 11.7 Å². The number of amides is 1. The van der Waals surface area contributed by atoms with Crippen molar-refractivity contribution in [2.24, 2.45) is 0 Å². The van der Waals surface area contributed by atoms with Crippen LogP contribution in [0.25, 0.3) is 17.2 Å². The van der Waals surface area contributed by atoms with Crippen molar-refractivity contribution in [3.05, 3.63) is 137 Å². The van der Waals surface area contributed by atoms with E-state index in [0.29, 0.717) is 23.7 Å². The molecule has 0 bridgehead atoms. The van der Waals surface area contributed by atoms with Crippen LogP contribution in [0.4, 0.5) is 4.39 Å². The number of likely N-dealkylation sites (N-methyl/N-ethyl adjacent to an activating group) is 1. The molecule has 0 radical (unpaired) electrons. The summed E-state index contributed by atoms with van der Waals surface area (Å²) in [6, 6.07) is 32.1. The van der Waals surface area contributed by atoms with Crippen LogP contribution in [0.2, 0.25) is 0 Å². The van der Waals surface area contributed by atoms with E-state index in [1.807, 2.05) is 42.5 Å². The van der Waals surface area contributed by atoms with E-state index < -0.39 is 0 Å². The van der Waals surface area contributed by atoms with Crippen molar-refractivity contribution in [2.75, 3.05) is 59.4 Å². The number of carbonyl (C=O) groups excluding carboxylic acids is 1. The van der Waals surface area contributed by atoms with Crippen LogP contribution in [0.15, 0.2) is 103 Å². The van der Waals surface area contributed by atoms with Gasteiger partial charge in [-0.15, -0.1) is 0 Å². The van der Waals surface area contributed by atoms with E-state index >= 15 is 4.39 Å². The summed E-state index contributed by atoms with van der Waals surface area (Å²) in [5, 5.41) is 6.54. The van der Waals surface area contributed by atoms with Gasteiger partial charge in [-0.2, -0.15) is 0 Å². The van der Waals surface area contributed by atoms with E-state index in [4.69, 9.17) is 0 Å². The Morgan fingerprint density at radius 2 is 1.62 bits per heavy atom. The van der Waals surface area contributed by atoms with E-state index in [0.717, 1.165) is 86.6 Å². The number of halogens is 1. The van der Waals surface area contributed by atoms with Gasteiger partial charge < -0.3 is 15.1 Å². The minimum atomic E-state index is -0.258. The summed E-state index contributed by atoms with van der Waals surface area (Å²) in [4.78, 5) is 18.1. The highest BCUT2D eigenvalue weighted by Gasteiger charge is 2.27. The van der Waals surface area contributed by atoms with Gasteiger partial charge in [0, 0.05) is 69.5 Å². The lowest BCUT2D eigenvalue weighted by atomic mass is 10.00. The van der Waals surface area contributed by atoms with Crippen LogP contribution in [0.1, 0.15) is 39.5 Å². The predicted octanol–water partition coefficient (Wildman–Crippen LogP) is 6.19. The van der Waals surface area contributed by atoms with Gasteiger partial charge in [0.2, 0.25) is 0 Å². The Hall–Kier alpha value is -4.14. The van der Waals surface area contributed by atoms with Gasteiger partial charge in [0.25, 0.3) is 5.91 Å². The second kappa shape index (κ2) is 15.8. The van der Waals surface area contributed by atoms with Crippen molar-refractivity contribution in [3.63, 3.8) is 0 Å². The van der Waals surface area contributed by atoms with E-state index in [2.05, 4.69) is 89.0 Å².